The van der Waals surface area contributed by atoms with Crippen LogP contribution in [0.25, 0.3) is 6.08 Å². The highest BCUT2D eigenvalue weighted by Crippen LogP contribution is 2.23. The normalized spacial score (nSPS) is 12.2. The molecule has 0 aliphatic carbocycles. The zero-order valence-electron chi connectivity index (χ0n) is 13.0. The van der Waals surface area contributed by atoms with E-state index < -0.39 is 23.8 Å². The van der Waals surface area contributed by atoms with E-state index in [4.69, 9.17) is 4.74 Å². The van der Waals surface area contributed by atoms with E-state index in [9.17, 15) is 14.0 Å². The van der Waals surface area contributed by atoms with Crippen LogP contribution in [0.3, 0.4) is 0 Å². The number of rotatable bonds is 5. The minimum atomic E-state index is -0.999. The molecule has 0 radical (unpaired) electrons. The van der Waals surface area contributed by atoms with Crippen molar-refractivity contribution in [2.24, 2.45) is 0 Å². The van der Waals surface area contributed by atoms with Crippen LogP contribution in [0.1, 0.15) is 17.4 Å². The van der Waals surface area contributed by atoms with Crippen LogP contribution in [0.5, 0.6) is 0 Å². The summed E-state index contributed by atoms with van der Waals surface area (Å²) < 4.78 is 19.4. The molecule has 0 saturated heterocycles. The number of carbonyl (C=O) groups excluding carboxylic acids is 2. The Kier molecular flexibility index (Phi) is 6.28. The summed E-state index contributed by atoms with van der Waals surface area (Å²) in [6.07, 6.45) is 1.87. The molecule has 1 atom stereocenters. The van der Waals surface area contributed by atoms with Crippen LogP contribution in [-0.2, 0) is 14.3 Å². The minimum absolute atomic E-state index is 0.310. The number of ether oxygens (including phenoxy) is 1. The molecule has 126 valence electrons. The molecule has 1 aromatic heterocycles. The summed E-state index contributed by atoms with van der Waals surface area (Å²) in [6, 6.07) is 8.08. The maximum atomic E-state index is 13.5. The highest BCUT2D eigenvalue weighted by molar-refractivity contribution is 9.11. The Hall–Kier alpha value is -1.99. The van der Waals surface area contributed by atoms with Gasteiger partial charge in [0.25, 0.3) is 5.91 Å². The standard InChI is InChI=1S/C17H15BrFNO3S/c1-10-3-4-12(9-14(10)19)20-17(22)11(2)23-16(21)8-6-13-5-7-15(18)24-13/h3-9,11H,1-2H3,(H,20,22)/b8-6+/t11-/m0/s1. The predicted octanol–water partition coefficient (Wildman–Crippen LogP) is 4.54. The Morgan fingerprint density at radius 1 is 1.33 bits per heavy atom. The van der Waals surface area contributed by atoms with Gasteiger partial charge < -0.3 is 10.1 Å². The number of hydrogen-bond acceptors (Lipinski definition) is 4. The molecular formula is C17H15BrFNO3S. The van der Waals surface area contributed by atoms with Crippen LogP contribution in [0, 0.1) is 12.7 Å². The van der Waals surface area contributed by atoms with Gasteiger partial charge in [0.1, 0.15) is 5.82 Å². The van der Waals surface area contributed by atoms with E-state index in [0.29, 0.717) is 11.3 Å². The fourth-order valence-corrected chi connectivity index (χ4v) is 3.08. The number of anilines is 1. The zero-order valence-corrected chi connectivity index (χ0v) is 15.4. The molecule has 1 heterocycles. The van der Waals surface area contributed by atoms with Gasteiger partial charge in [-0.25, -0.2) is 9.18 Å². The maximum absolute atomic E-state index is 13.5. The summed E-state index contributed by atoms with van der Waals surface area (Å²) in [5.41, 5.74) is 0.794. The number of amides is 1. The van der Waals surface area contributed by atoms with Crippen LogP contribution >= 0.6 is 27.3 Å². The van der Waals surface area contributed by atoms with Crippen molar-refractivity contribution in [3.05, 3.63) is 56.5 Å². The van der Waals surface area contributed by atoms with Crippen molar-refractivity contribution in [2.45, 2.75) is 20.0 Å². The molecule has 4 nitrogen and oxygen atoms in total. The molecule has 0 unspecified atom stereocenters. The van der Waals surface area contributed by atoms with Crippen molar-refractivity contribution in [3.8, 4) is 0 Å². The Labute approximate surface area is 151 Å². The number of carbonyl (C=O) groups is 2. The average molecular weight is 412 g/mol. The number of thiophene rings is 1. The molecule has 2 aromatic rings. The van der Waals surface area contributed by atoms with Crippen molar-refractivity contribution < 1.29 is 18.7 Å². The molecule has 0 bridgehead atoms. The molecule has 1 amide bonds. The number of nitrogens with one attached hydrogen (secondary N) is 1. The zero-order chi connectivity index (χ0) is 17.7. The van der Waals surface area contributed by atoms with Gasteiger partial charge >= 0.3 is 5.97 Å². The van der Waals surface area contributed by atoms with Gasteiger partial charge in [-0.1, -0.05) is 6.07 Å². The van der Waals surface area contributed by atoms with Crippen LogP contribution < -0.4 is 5.32 Å². The van der Waals surface area contributed by atoms with E-state index in [1.54, 1.807) is 25.1 Å². The van der Waals surface area contributed by atoms with E-state index in [-0.39, 0.29) is 0 Å². The average Bonchev–Trinajstić information content (AvgIpc) is 2.94. The summed E-state index contributed by atoms with van der Waals surface area (Å²) in [4.78, 5) is 24.6. The van der Waals surface area contributed by atoms with Gasteiger partial charge in [0.05, 0.1) is 3.79 Å². The predicted molar refractivity (Wildman–Crippen MR) is 96.4 cm³/mol. The molecule has 2 rings (SSSR count). The van der Waals surface area contributed by atoms with Crippen LogP contribution in [0.2, 0.25) is 0 Å². The quantitative estimate of drug-likeness (QED) is 0.580. The summed E-state index contributed by atoms with van der Waals surface area (Å²) in [5.74, 6) is -1.57. The van der Waals surface area contributed by atoms with Gasteiger partial charge in [-0.3, -0.25) is 4.79 Å². The lowest BCUT2D eigenvalue weighted by Gasteiger charge is -2.12. The highest BCUT2D eigenvalue weighted by Gasteiger charge is 2.17. The van der Waals surface area contributed by atoms with Gasteiger partial charge in [0.15, 0.2) is 6.10 Å². The highest BCUT2D eigenvalue weighted by atomic mass is 79.9. The number of benzene rings is 1. The second-order valence-corrected chi connectivity index (χ2v) is 7.50. The summed E-state index contributed by atoms with van der Waals surface area (Å²) in [6.45, 7) is 3.08. The third kappa shape index (κ3) is 5.28. The Morgan fingerprint density at radius 3 is 2.71 bits per heavy atom. The van der Waals surface area contributed by atoms with Crippen molar-refractivity contribution >= 4 is 50.9 Å². The minimum Gasteiger partial charge on any atom is -0.449 e. The molecule has 1 aromatic carbocycles. The van der Waals surface area contributed by atoms with E-state index >= 15 is 0 Å². The molecule has 7 heteroatoms. The van der Waals surface area contributed by atoms with Crippen molar-refractivity contribution in [1.29, 1.82) is 0 Å². The van der Waals surface area contributed by atoms with Gasteiger partial charge in [-0.2, -0.15) is 0 Å². The first kappa shape index (κ1) is 18.4. The van der Waals surface area contributed by atoms with E-state index in [1.165, 1.54) is 30.4 Å². The second kappa shape index (κ2) is 8.21. The van der Waals surface area contributed by atoms with Gasteiger partial charge in [-0.15, -0.1) is 11.3 Å². The Bertz CT molecular complexity index is 788. The molecule has 0 saturated carbocycles. The fourth-order valence-electron chi connectivity index (χ4n) is 1.75. The largest absolute Gasteiger partial charge is 0.449 e. The SMILES string of the molecule is Cc1ccc(NC(=O)[C@H](C)OC(=O)/C=C/c2ccc(Br)s2)cc1F. The molecular weight excluding hydrogens is 397 g/mol. The van der Waals surface area contributed by atoms with Gasteiger partial charge in [-0.05, 0) is 65.7 Å². The summed E-state index contributed by atoms with van der Waals surface area (Å²) in [5, 5.41) is 2.51. The molecule has 0 aliphatic rings. The second-order valence-electron chi connectivity index (χ2n) is 5.01. The van der Waals surface area contributed by atoms with E-state index in [2.05, 4.69) is 21.2 Å². The first-order valence-corrected chi connectivity index (χ1v) is 8.67. The van der Waals surface area contributed by atoms with Crippen LogP contribution in [0.4, 0.5) is 10.1 Å². The van der Waals surface area contributed by atoms with E-state index in [1.807, 2.05) is 12.1 Å². The first-order valence-electron chi connectivity index (χ1n) is 7.06. The molecule has 1 N–H and O–H groups in total. The third-order valence-electron chi connectivity index (χ3n) is 3.08. The van der Waals surface area contributed by atoms with Crippen molar-refractivity contribution in [3.63, 3.8) is 0 Å². The monoisotopic (exact) mass is 411 g/mol. The van der Waals surface area contributed by atoms with E-state index in [0.717, 1.165) is 8.66 Å². The number of hydrogen-bond donors (Lipinski definition) is 1. The first-order chi connectivity index (χ1) is 11.3. The molecule has 0 fully saturated rings. The van der Waals surface area contributed by atoms with Crippen LogP contribution in [0.15, 0.2) is 40.2 Å². The fraction of sp³-hybridized carbons (Fsp3) is 0.176. The maximum Gasteiger partial charge on any atom is 0.331 e. The Balaban J connectivity index is 1.89. The van der Waals surface area contributed by atoms with Gasteiger partial charge in [0, 0.05) is 16.6 Å². The third-order valence-corrected chi connectivity index (χ3v) is 4.67. The van der Waals surface area contributed by atoms with Gasteiger partial charge in [0.2, 0.25) is 0 Å². The smallest absolute Gasteiger partial charge is 0.331 e. The number of aryl methyl sites for hydroxylation is 1. The van der Waals surface area contributed by atoms with Crippen molar-refractivity contribution in [2.75, 3.05) is 5.32 Å². The van der Waals surface area contributed by atoms with Crippen molar-refractivity contribution in [1.82, 2.24) is 0 Å². The lowest BCUT2D eigenvalue weighted by molar-refractivity contribution is -0.148. The molecule has 0 aliphatic heterocycles. The summed E-state index contributed by atoms with van der Waals surface area (Å²) >= 11 is 4.79. The topological polar surface area (TPSA) is 55.4 Å². The molecule has 0 spiro atoms. The lowest BCUT2D eigenvalue weighted by atomic mass is 10.2. The Morgan fingerprint density at radius 2 is 2.08 bits per heavy atom. The summed E-state index contributed by atoms with van der Waals surface area (Å²) in [7, 11) is 0. The molecule has 24 heavy (non-hydrogen) atoms. The number of halogens is 2. The lowest BCUT2D eigenvalue weighted by Crippen LogP contribution is -2.29. The number of esters is 1. The van der Waals surface area contributed by atoms with Crippen LogP contribution in [-0.4, -0.2) is 18.0 Å².